The van der Waals surface area contributed by atoms with Gasteiger partial charge in [-0.05, 0) is 42.0 Å². The third kappa shape index (κ3) is 5.02. The van der Waals surface area contributed by atoms with Crippen LogP contribution in [0.3, 0.4) is 0 Å². The van der Waals surface area contributed by atoms with E-state index in [4.69, 9.17) is 22.4 Å². The summed E-state index contributed by atoms with van der Waals surface area (Å²) in [6.45, 7) is 0. The van der Waals surface area contributed by atoms with Crippen LogP contribution in [-0.2, 0) is 14.8 Å². The van der Waals surface area contributed by atoms with E-state index in [0.717, 1.165) is 0 Å². The predicted octanol–water partition coefficient (Wildman–Crippen LogP) is 1.93. The van der Waals surface area contributed by atoms with Crippen molar-refractivity contribution in [3.8, 4) is 0 Å². The molecule has 0 spiro atoms. The number of carboxylic acids is 1. The van der Waals surface area contributed by atoms with Crippen LogP contribution < -0.4 is 10.5 Å². The molecule has 0 aliphatic rings. The van der Waals surface area contributed by atoms with Crippen molar-refractivity contribution >= 4 is 33.5 Å². The van der Waals surface area contributed by atoms with Gasteiger partial charge in [0.1, 0.15) is 0 Å². The van der Waals surface area contributed by atoms with Gasteiger partial charge in [0.15, 0.2) is 0 Å². The Labute approximate surface area is 149 Å². The first-order chi connectivity index (χ1) is 11.7. The molecule has 1 atom stereocenters. The van der Waals surface area contributed by atoms with E-state index >= 15 is 0 Å². The fourth-order valence-corrected chi connectivity index (χ4v) is 3.50. The van der Waals surface area contributed by atoms with Crippen LogP contribution in [0.25, 0.3) is 0 Å². The lowest BCUT2D eigenvalue weighted by molar-refractivity contribution is -0.137. The number of nitrogens with two attached hydrogens (primary N) is 1. The Morgan fingerprint density at radius 2 is 1.64 bits per heavy atom. The standard InChI is InChI=1S/C16H15ClN2O5S/c17-12-5-1-10(2-6-12)14(9-15(20)21)19-25(23,24)13-7-3-11(4-8-13)16(18)22/h1-8,14,19H,9H2,(H2,18,22)(H,20,21)/t14-/m0/s1. The summed E-state index contributed by atoms with van der Waals surface area (Å²) in [5.41, 5.74) is 5.74. The molecule has 2 aromatic carbocycles. The molecule has 0 aliphatic carbocycles. The van der Waals surface area contributed by atoms with Crippen molar-refractivity contribution in [3.63, 3.8) is 0 Å². The smallest absolute Gasteiger partial charge is 0.305 e. The number of nitrogens with one attached hydrogen (secondary N) is 1. The molecule has 9 heteroatoms. The molecule has 4 N–H and O–H groups in total. The van der Waals surface area contributed by atoms with Gasteiger partial charge in [0, 0.05) is 10.6 Å². The highest BCUT2D eigenvalue weighted by Crippen LogP contribution is 2.22. The van der Waals surface area contributed by atoms with Crippen LogP contribution in [0.15, 0.2) is 53.4 Å². The number of hydrogen-bond acceptors (Lipinski definition) is 4. The van der Waals surface area contributed by atoms with Crippen molar-refractivity contribution in [3.05, 3.63) is 64.7 Å². The lowest BCUT2D eigenvalue weighted by Crippen LogP contribution is -2.30. The first-order valence-corrected chi connectivity index (χ1v) is 8.94. The quantitative estimate of drug-likeness (QED) is 0.674. The molecule has 25 heavy (non-hydrogen) atoms. The Bertz CT molecular complexity index is 880. The van der Waals surface area contributed by atoms with E-state index in [1.807, 2.05) is 0 Å². The number of carbonyl (C=O) groups is 2. The zero-order valence-electron chi connectivity index (χ0n) is 12.8. The summed E-state index contributed by atoms with van der Waals surface area (Å²) >= 11 is 5.80. The van der Waals surface area contributed by atoms with Crippen molar-refractivity contribution in [1.82, 2.24) is 4.72 Å². The van der Waals surface area contributed by atoms with E-state index < -0.39 is 34.4 Å². The van der Waals surface area contributed by atoms with Crippen LogP contribution in [0, 0.1) is 0 Å². The average molecular weight is 383 g/mol. The van der Waals surface area contributed by atoms with E-state index in [0.29, 0.717) is 10.6 Å². The van der Waals surface area contributed by atoms with Crippen LogP contribution in [0.1, 0.15) is 28.4 Å². The van der Waals surface area contributed by atoms with Crippen molar-refractivity contribution < 1.29 is 23.1 Å². The molecular weight excluding hydrogens is 368 g/mol. The van der Waals surface area contributed by atoms with Gasteiger partial charge in [0.25, 0.3) is 0 Å². The van der Waals surface area contributed by atoms with Gasteiger partial charge in [-0.2, -0.15) is 0 Å². The molecule has 0 radical (unpaired) electrons. The third-order valence-corrected chi connectivity index (χ3v) is 5.14. The van der Waals surface area contributed by atoms with E-state index in [2.05, 4.69) is 4.72 Å². The van der Waals surface area contributed by atoms with E-state index in [-0.39, 0.29) is 10.5 Å². The van der Waals surface area contributed by atoms with E-state index in [9.17, 15) is 18.0 Å². The molecule has 0 saturated carbocycles. The number of aliphatic carboxylic acids is 1. The Kier molecular flexibility index (Phi) is 5.78. The molecule has 0 aliphatic heterocycles. The lowest BCUT2D eigenvalue weighted by Gasteiger charge is -2.18. The monoisotopic (exact) mass is 382 g/mol. The van der Waals surface area contributed by atoms with Crippen molar-refractivity contribution in [2.75, 3.05) is 0 Å². The number of primary amides is 1. The summed E-state index contributed by atoms with van der Waals surface area (Å²) in [5, 5.41) is 9.50. The van der Waals surface area contributed by atoms with Gasteiger partial charge in [-0.25, -0.2) is 13.1 Å². The SMILES string of the molecule is NC(=O)c1ccc(S(=O)(=O)N[C@@H](CC(=O)O)c2ccc(Cl)cc2)cc1. The van der Waals surface area contributed by atoms with Crippen LogP contribution in [0.5, 0.6) is 0 Å². The van der Waals surface area contributed by atoms with Gasteiger partial charge in [-0.3, -0.25) is 9.59 Å². The van der Waals surface area contributed by atoms with Crippen LogP contribution in [0.2, 0.25) is 5.02 Å². The topological polar surface area (TPSA) is 127 Å². The van der Waals surface area contributed by atoms with Crippen molar-refractivity contribution in [1.29, 1.82) is 0 Å². The predicted molar refractivity (Wildman–Crippen MR) is 91.7 cm³/mol. The van der Waals surface area contributed by atoms with Crippen LogP contribution in [0.4, 0.5) is 0 Å². The fourth-order valence-electron chi connectivity index (χ4n) is 2.15. The molecule has 0 bridgehead atoms. The first kappa shape index (κ1) is 18.9. The molecule has 0 fully saturated rings. The van der Waals surface area contributed by atoms with Gasteiger partial charge < -0.3 is 10.8 Å². The normalized spacial score (nSPS) is 12.5. The van der Waals surface area contributed by atoms with Gasteiger partial charge >= 0.3 is 5.97 Å². The number of sulfonamides is 1. The average Bonchev–Trinajstić information content (AvgIpc) is 2.54. The minimum absolute atomic E-state index is 0.109. The number of amides is 1. The number of benzene rings is 2. The highest BCUT2D eigenvalue weighted by atomic mass is 35.5. The van der Waals surface area contributed by atoms with Crippen LogP contribution >= 0.6 is 11.6 Å². The molecule has 0 saturated heterocycles. The second-order valence-electron chi connectivity index (χ2n) is 5.21. The molecule has 132 valence electrons. The Hall–Kier alpha value is -2.42. The van der Waals surface area contributed by atoms with Gasteiger partial charge in [0.2, 0.25) is 15.9 Å². The number of rotatable bonds is 7. The summed E-state index contributed by atoms with van der Waals surface area (Å²) in [5.74, 6) is -1.84. The molecule has 1 amide bonds. The van der Waals surface area contributed by atoms with Crippen molar-refractivity contribution in [2.24, 2.45) is 5.73 Å². The summed E-state index contributed by atoms with van der Waals surface area (Å²) in [7, 11) is -4.00. The summed E-state index contributed by atoms with van der Waals surface area (Å²) in [6.07, 6.45) is -0.444. The number of hydrogen-bond donors (Lipinski definition) is 3. The Balaban J connectivity index is 2.31. The minimum atomic E-state index is -4.00. The molecule has 7 nitrogen and oxygen atoms in total. The molecule has 0 unspecified atom stereocenters. The fraction of sp³-hybridized carbons (Fsp3) is 0.125. The first-order valence-electron chi connectivity index (χ1n) is 7.08. The Morgan fingerprint density at radius 1 is 1.08 bits per heavy atom. The van der Waals surface area contributed by atoms with Crippen molar-refractivity contribution in [2.45, 2.75) is 17.4 Å². The molecule has 2 aromatic rings. The molecule has 0 heterocycles. The van der Waals surface area contributed by atoms with Crippen LogP contribution in [-0.4, -0.2) is 25.4 Å². The number of carboxylic acid groups (broad SMARTS) is 1. The Morgan fingerprint density at radius 3 is 2.12 bits per heavy atom. The summed E-state index contributed by atoms with van der Waals surface area (Å²) < 4.78 is 27.4. The number of carbonyl (C=O) groups excluding carboxylic acids is 1. The third-order valence-electron chi connectivity index (χ3n) is 3.40. The second kappa shape index (κ2) is 7.64. The maximum absolute atomic E-state index is 12.5. The zero-order valence-corrected chi connectivity index (χ0v) is 14.4. The zero-order chi connectivity index (χ0) is 18.6. The van der Waals surface area contributed by atoms with E-state index in [1.165, 1.54) is 24.3 Å². The minimum Gasteiger partial charge on any atom is -0.481 e. The maximum atomic E-state index is 12.5. The number of halogens is 1. The highest BCUT2D eigenvalue weighted by molar-refractivity contribution is 7.89. The van der Waals surface area contributed by atoms with Gasteiger partial charge in [-0.1, -0.05) is 23.7 Å². The highest BCUT2D eigenvalue weighted by Gasteiger charge is 2.23. The second-order valence-corrected chi connectivity index (χ2v) is 7.36. The molecule has 2 rings (SSSR count). The summed E-state index contributed by atoms with van der Waals surface area (Å²) in [4.78, 5) is 22.0. The maximum Gasteiger partial charge on any atom is 0.305 e. The lowest BCUT2D eigenvalue weighted by atomic mass is 10.1. The molecule has 0 aromatic heterocycles. The van der Waals surface area contributed by atoms with Gasteiger partial charge in [0.05, 0.1) is 17.4 Å². The summed E-state index contributed by atoms with van der Waals surface area (Å²) in [6, 6.07) is 10.2. The largest absolute Gasteiger partial charge is 0.481 e. The van der Waals surface area contributed by atoms with Gasteiger partial charge in [-0.15, -0.1) is 0 Å². The molecular formula is C16H15ClN2O5S. The van der Waals surface area contributed by atoms with E-state index in [1.54, 1.807) is 24.3 Å².